The molecule has 0 radical (unpaired) electrons. The zero-order chi connectivity index (χ0) is 10.9. The van der Waals surface area contributed by atoms with E-state index in [-0.39, 0.29) is 11.5 Å². The van der Waals surface area contributed by atoms with Gasteiger partial charge in [0, 0.05) is 12.6 Å². The lowest BCUT2D eigenvalue weighted by atomic mass is 9.79. The van der Waals surface area contributed by atoms with Crippen LogP contribution in [0.25, 0.3) is 0 Å². The third kappa shape index (κ3) is 2.00. The number of hydrogen-bond donors (Lipinski definition) is 2. The summed E-state index contributed by atoms with van der Waals surface area (Å²) < 4.78 is 0. The fraction of sp³-hybridized carbons (Fsp3) is 0.900. The molecule has 0 aromatic rings. The molecule has 1 fully saturated rings. The minimum absolute atomic E-state index is 0.0288. The topological polar surface area (TPSA) is 66.6 Å². The van der Waals surface area contributed by atoms with Gasteiger partial charge in [-0.1, -0.05) is 20.8 Å². The van der Waals surface area contributed by atoms with Crippen molar-refractivity contribution in [3.05, 3.63) is 0 Å². The first-order chi connectivity index (χ1) is 6.38. The van der Waals surface area contributed by atoms with Gasteiger partial charge in [-0.15, -0.1) is 0 Å². The molecule has 1 aliphatic rings. The highest BCUT2D eigenvalue weighted by atomic mass is 16.4. The number of carboxylic acid groups (broad SMARTS) is 1. The van der Waals surface area contributed by atoms with Crippen LogP contribution in [0, 0.1) is 11.3 Å². The van der Waals surface area contributed by atoms with Gasteiger partial charge < -0.3 is 15.7 Å². The number of carbonyl (C=O) groups is 1. The summed E-state index contributed by atoms with van der Waals surface area (Å²) in [5.41, 5.74) is 5.63. The Morgan fingerprint density at radius 1 is 1.57 bits per heavy atom. The van der Waals surface area contributed by atoms with E-state index in [0.717, 1.165) is 6.42 Å². The standard InChI is InChI=1S/C10H20N2O2/c1-10(2,3)8-7(6-11)4-5-12(8)9(13)14/h7-8H,4-6,11H2,1-3H3,(H,13,14)/t7?,8-/m0/s1. The van der Waals surface area contributed by atoms with Crippen molar-refractivity contribution in [2.75, 3.05) is 13.1 Å². The Morgan fingerprint density at radius 2 is 2.14 bits per heavy atom. The van der Waals surface area contributed by atoms with E-state index in [1.807, 2.05) is 0 Å². The van der Waals surface area contributed by atoms with Gasteiger partial charge in [-0.25, -0.2) is 4.79 Å². The number of rotatable bonds is 1. The van der Waals surface area contributed by atoms with Crippen LogP contribution >= 0.6 is 0 Å². The van der Waals surface area contributed by atoms with Crippen molar-refractivity contribution in [1.29, 1.82) is 0 Å². The molecular formula is C10H20N2O2. The van der Waals surface area contributed by atoms with E-state index < -0.39 is 6.09 Å². The average molecular weight is 200 g/mol. The lowest BCUT2D eigenvalue weighted by Gasteiger charge is -2.36. The molecule has 4 nitrogen and oxygen atoms in total. The molecule has 0 spiro atoms. The molecule has 0 aromatic carbocycles. The fourth-order valence-corrected chi connectivity index (χ4v) is 2.49. The van der Waals surface area contributed by atoms with Gasteiger partial charge in [-0.2, -0.15) is 0 Å². The lowest BCUT2D eigenvalue weighted by molar-refractivity contribution is 0.0924. The van der Waals surface area contributed by atoms with Gasteiger partial charge >= 0.3 is 6.09 Å². The first-order valence-corrected chi connectivity index (χ1v) is 5.07. The van der Waals surface area contributed by atoms with Crippen molar-refractivity contribution in [2.24, 2.45) is 17.1 Å². The average Bonchev–Trinajstić information content (AvgIpc) is 2.45. The van der Waals surface area contributed by atoms with E-state index in [4.69, 9.17) is 10.8 Å². The van der Waals surface area contributed by atoms with Crippen molar-refractivity contribution in [2.45, 2.75) is 33.2 Å². The van der Waals surface area contributed by atoms with Crippen LogP contribution in [-0.2, 0) is 0 Å². The molecule has 3 N–H and O–H groups in total. The lowest BCUT2D eigenvalue weighted by Crippen LogP contribution is -2.46. The smallest absolute Gasteiger partial charge is 0.407 e. The Kier molecular flexibility index (Phi) is 3.04. The summed E-state index contributed by atoms with van der Waals surface area (Å²) in [7, 11) is 0. The molecule has 0 bridgehead atoms. The molecule has 0 aromatic heterocycles. The zero-order valence-corrected chi connectivity index (χ0v) is 9.16. The van der Waals surface area contributed by atoms with E-state index in [9.17, 15) is 4.79 Å². The largest absolute Gasteiger partial charge is 0.465 e. The Bertz CT molecular complexity index is 223. The minimum Gasteiger partial charge on any atom is -0.465 e. The van der Waals surface area contributed by atoms with Gasteiger partial charge in [0.1, 0.15) is 0 Å². The third-order valence-electron chi connectivity index (χ3n) is 2.96. The van der Waals surface area contributed by atoms with Crippen molar-refractivity contribution in [1.82, 2.24) is 4.90 Å². The molecule has 4 heteroatoms. The molecule has 1 aliphatic heterocycles. The highest BCUT2D eigenvalue weighted by molar-refractivity contribution is 5.66. The molecule has 1 rings (SSSR count). The predicted molar refractivity (Wildman–Crippen MR) is 55.1 cm³/mol. The van der Waals surface area contributed by atoms with Crippen molar-refractivity contribution >= 4 is 6.09 Å². The summed E-state index contributed by atoms with van der Waals surface area (Å²) >= 11 is 0. The van der Waals surface area contributed by atoms with Gasteiger partial charge in [-0.05, 0) is 24.3 Å². The van der Waals surface area contributed by atoms with Crippen molar-refractivity contribution in [3.63, 3.8) is 0 Å². The summed E-state index contributed by atoms with van der Waals surface area (Å²) in [4.78, 5) is 12.5. The number of likely N-dealkylation sites (tertiary alicyclic amines) is 1. The van der Waals surface area contributed by atoms with Gasteiger partial charge in [0.2, 0.25) is 0 Å². The molecule has 0 saturated carbocycles. The van der Waals surface area contributed by atoms with E-state index in [1.54, 1.807) is 0 Å². The summed E-state index contributed by atoms with van der Waals surface area (Å²) in [6, 6.07) is 0.0602. The maximum absolute atomic E-state index is 11.0. The van der Waals surface area contributed by atoms with Gasteiger partial charge in [0.25, 0.3) is 0 Å². The van der Waals surface area contributed by atoms with Crippen LogP contribution in [-0.4, -0.2) is 35.2 Å². The SMILES string of the molecule is CC(C)(C)[C@@H]1C(CN)CCN1C(=O)O. The first kappa shape index (κ1) is 11.3. The summed E-state index contributed by atoms with van der Waals surface area (Å²) in [6.45, 7) is 7.41. The molecule has 14 heavy (non-hydrogen) atoms. The van der Waals surface area contributed by atoms with Crippen molar-refractivity contribution < 1.29 is 9.90 Å². The maximum Gasteiger partial charge on any atom is 0.407 e. The molecule has 1 heterocycles. The zero-order valence-electron chi connectivity index (χ0n) is 9.16. The Hall–Kier alpha value is -0.770. The van der Waals surface area contributed by atoms with Crippen LogP contribution in [0.2, 0.25) is 0 Å². The molecule has 82 valence electrons. The van der Waals surface area contributed by atoms with E-state index in [2.05, 4.69) is 20.8 Å². The molecule has 1 unspecified atom stereocenters. The first-order valence-electron chi connectivity index (χ1n) is 5.07. The summed E-state index contributed by atoms with van der Waals surface area (Å²) in [5, 5.41) is 9.05. The third-order valence-corrected chi connectivity index (χ3v) is 2.96. The van der Waals surface area contributed by atoms with Gasteiger partial charge in [-0.3, -0.25) is 0 Å². The number of amides is 1. The van der Waals surface area contributed by atoms with Crippen LogP contribution in [0.4, 0.5) is 4.79 Å². The van der Waals surface area contributed by atoms with Crippen LogP contribution in [0.5, 0.6) is 0 Å². The highest BCUT2D eigenvalue weighted by Crippen LogP contribution is 2.36. The Balaban J connectivity index is 2.86. The van der Waals surface area contributed by atoms with Crippen molar-refractivity contribution in [3.8, 4) is 0 Å². The van der Waals surface area contributed by atoms with E-state index in [1.165, 1.54) is 4.90 Å². The van der Waals surface area contributed by atoms with Crippen LogP contribution in [0.1, 0.15) is 27.2 Å². The fourth-order valence-electron chi connectivity index (χ4n) is 2.49. The quantitative estimate of drug-likeness (QED) is 0.671. The number of nitrogens with two attached hydrogens (primary N) is 1. The molecule has 0 aliphatic carbocycles. The number of nitrogens with zero attached hydrogens (tertiary/aromatic N) is 1. The Morgan fingerprint density at radius 3 is 2.50 bits per heavy atom. The second kappa shape index (κ2) is 3.77. The van der Waals surface area contributed by atoms with Crippen LogP contribution < -0.4 is 5.73 Å². The van der Waals surface area contributed by atoms with Gasteiger partial charge in [0.05, 0.1) is 0 Å². The molecule has 1 amide bonds. The second-order valence-corrected chi connectivity index (χ2v) is 5.07. The molecular weight excluding hydrogens is 180 g/mol. The van der Waals surface area contributed by atoms with Crippen LogP contribution in [0.3, 0.4) is 0 Å². The second-order valence-electron chi connectivity index (χ2n) is 5.07. The molecule has 2 atom stereocenters. The normalized spacial score (nSPS) is 28.1. The Labute approximate surface area is 85.1 Å². The van der Waals surface area contributed by atoms with Gasteiger partial charge in [0.15, 0.2) is 0 Å². The van der Waals surface area contributed by atoms with E-state index >= 15 is 0 Å². The van der Waals surface area contributed by atoms with Crippen LogP contribution in [0.15, 0.2) is 0 Å². The highest BCUT2D eigenvalue weighted by Gasteiger charge is 2.43. The summed E-state index contributed by atoms with van der Waals surface area (Å²) in [6.07, 6.45) is 0.0750. The molecule has 1 saturated heterocycles. The minimum atomic E-state index is -0.819. The van der Waals surface area contributed by atoms with E-state index in [0.29, 0.717) is 19.0 Å². The predicted octanol–water partition coefficient (Wildman–Crippen LogP) is 1.36. The monoisotopic (exact) mass is 200 g/mol. The summed E-state index contributed by atoms with van der Waals surface area (Å²) in [5.74, 6) is 0.311. The number of hydrogen-bond acceptors (Lipinski definition) is 2. The maximum atomic E-state index is 11.0.